The van der Waals surface area contributed by atoms with Crippen molar-refractivity contribution in [3.8, 4) is 6.07 Å². The Kier molecular flexibility index (Phi) is 5.25. The molecule has 1 heterocycles. The maximum atomic E-state index is 12.0. The third-order valence-electron chi connectivity index (χ3n) is 3.07. The van der Waals surface area contributed by atoms with Crippen LogP contribution in [0.25, 0.3) is 0 Å². The van der Waals surface area contributed by atoms with Crippen molar-refractivity contribution in [3.05, 3.63) is 17.0 Å². The number of carbonyl (C=O) groups excluding carboxylic acids is 1. The van der Waals surface area contributed by atoms with Gasteiger partial charge in [-0.1, -0.05) is 6.92 Å². The zero-order valence-corrected chi connectivity index (χ0v) is 12.5. The summed E-state index contributed by atoms with van der Waals surface area (Å²) in [4.78, 5) is 24.7. The first kappa shape index (κ1) is 16.1. The molecule has 1 amide bonds. The van der Waals surface area contributed by atoms with Crippen molar-refractivity contribution in [1.82, 2.24) is 4.90 Å². The molecule has 0 saturated carbocycles. The average Bonchev–Trinajstić information content (AvgIpc) is 2.82. The van der Waals surface area contributed by atoms with Gasteiger partial charge in [0.15, 0.2) is 0 Å². The first-order valence-electron chi connectivity index (χ1n) is 6.08. The summed E-state index contributed by atoms with van der Waals surface area (Å²) in [5.41, 5.74) is -0.719. The highest BCUT2D eigenvalue weighted by Crippen LogP contribution is 2.22. The Bertz CT molecular complexity index is 545. The van der Waals surface area contributed by atoms with Crippen LogP contribution in [0.2, 0.25) is 0 Å². The lowest BCUT2D eigenvalue weighted by Gasteiger charge is -2.33. The molecule has 7 heteroatoms. The van der Waals surface area contributed by atoms with E-state index in [2.05, 4.69) is 5.32 Å². The van der Waals surface area contributed by atoms with E-state index in [-0.39, 0.29) is 12.5 Å². The molecule has 0 atom stereocenters. The van der Waals surface area contributed by atoms with E-state index in [0.29, 0.717) is 17.1 Å². The van der Waals surface area contributed by atoms with Crippen molar-refractivity contribution in [1.29, 1.82) is 5.26 Å². The van der Waals surface area contributed by atoms with E-state index >= 15 is 0 Å². The predicted octanol–water partition coefficient (Wildman–Crippen LogP) is 1.74. The maximum Gasteiger partial charge on any atom is 0.323 e. The van der Waals surface area contributed by atoms with Gasteiger partial charge in [-0.05, 0) is 31.8 Å². The molecule has 20 heavy (non-hydrogen) atoms. The molecule has 0 fully saturated rings. The Labute approximate surface area is 121 Å². The second kappa shape index (κ2) is 6.50. The van der Waals surface area contributed by atoms with Gasteiger partial charge in [0.25, 0.3) is 0 Å². The fourth-order valence-corrected chi connectivity index (χ4v) is 2.43. The van der Waals surface area contributed by atoms with Crippen molar-refractivity contribution >= 4 is 28.2 Å². The number of carboxylic acids is 1. The van der Waals surface area contributed by atoms with Crippen molar-refractivity contribution in [3.63, 3.8) is 0 Å². The maximum absolute atomic E-state index is 12.0. The average molecular weight is 295 g/mol. The van der Waals surface area contributed by atoms with Crippen LogP contribution in [0.15, 0.2) is 11.4 Å². The minimum atomic E-state index is -1.13. The normalized spacial score (nSPS) is 11.2. The van der Waals surface area contributed by atoms with Crippen LogP contribution in [0.4, 0.5) is 5.00 Å². The minimum absolute atomic E-state index is 0.0431. The molecular formula is C13H17N3O3S. The van der Waals surface area contributed by atoms with E-state index in [4.69, 9.17) is 5.26 Å². The number of carbonyl (C=O) groups is 2. The number of thiophene rings is 1. The van der Waals surface area contributed by atoms with Crippen LogP contribution in [-0.4, -0.2) is 40.5 Å². The summed E-state index contributed by atoms with van der Waals surface area (Å²) in [5.74, 6) is -1.32. The second-order valence-corrected chi connectivity index (χ2v) is 5.62. The first-order chi connectivity index (χ1) is 9.32. The number of nitrogens with one attached hydrogen (secondary N) is 1. The summed E-state index contributed by atoms with van der Waals surface area (Å²) in [6.07, 6.45) is 0. The monoisotopic (exact) mass is 295 g/mol. The van der Waals surface area contributed by atoms with Gasteiger partial charge in [-0.25, -0.2) is 0 Å². The Hall–Kier alpha value is -1.91. The van der Waals surface area contributed by atoms with Crippen LogP contribution >= 0.6 is 11.3 Å². The van der Waals surface area contributed by atoms with E-state index in [1.807, 2.05) is 6.07 Å². The number of nitriles is 1. The zero-order valence-electron chi connectivity index (χ0n) is 11.6. The van der Waals surface area contributed by atoms with E-state index < -0.39 is 11.5 Å². The van der Waals surface area contributed by atoms with Crippen molar-refractivity contribution < 1.29 is 14.7 Å². The van der Waals surface area contributed by atoms with Crippen LogP contribution in [0, 0.1) is 11.3 Å². The highest BCUT2D eigenvalue weighted by Gasteiger charge is 2.34. The third-order valence-corrected chi connectivity index (χ3v) is 3.90. The fourth-order valence-electron chi connectivity index (χ4n) is 1.67. The smallest absolute Gasteiger partial charge is 0.323 e. The van der Waals surface area contributed by atoms with E-state index in [1.165, 1.54) is 11.3 Å². The molecule has 0 aliphatic rings. The molecule has 6 nitrogen and oxygen atoms in total. The molecule has 1 aromatic rings. The molecule has 2 N–H and O–H groups in total. The molecule has 0 bridgehead atoms. The van der Waals surface area contributed by atoms with Crippen molar-refractivity contribution in [2.75, 3.05) is 18.4 Å². The Morgan fingerprint density at radius 3 is 2.70 bits per heavy atom. The van der Waals surface area contributed by atoms with Gasteiger partial charge in [-0.15, -0.1) is 11.3 Å². The van der Waals surface area contributed by atoms with Crippen LogP contribution in [0.1, 0.15) is 26.3 Å². The van der Waals surface area contributed by atoms with Gasteiger partial charge in [-0.3, -0.25) is 14.5 Å². The Balaban J connectivity index is 2.75. The lowest BCUT2D eigenvalue weighted by molar-refractivity contribution is -0.149. The number of nitrogens with zero attached hydrogens (tertiary/aromatic N) is 2. The number of hydrogen-bond acceptors (Lipinski definition) is 5. The molecule has 0 aliphatic carbocycles. The van der Waals surface area contributed by atoms with Crippen LogP contribution in [0.3, 0.4) is 0 Å². The third kappa shape index (κ3) is 3.56. The number of amides is 1. The van der Waals surface area contributed by atoms with Crippen LogP contribution in [-0.2, 0) is 9.59 Å². The fraction of sp³-hybridized carbons (Fsp3) is 0.462. The SMILES string of the molecule is CCN(CC(=O)Nc1sccc1C#N)C(C)(C)C(=O)O. The highest BCUT2D eigenvalue weighted by atomic mass is 32.1. The number of aliphatic carboxylic acids is 1. The molecular weight excluding hydrogens is 278 g/mol. The van der Waals surface area contributed by atoms with Crippen LogP contribution in [0.5, 0.6) is 0 Å². The second-order valence-electron chi connectivity index (χ2n) is 4.70. The summed E-state index contributed by atoms with van der Waals surface area (Å²) >= 11 is 1.26. The topological polar surface area (TPSA) is 93.4 Å². The number of likely N-dealkylation sites (N-methyl/N-ethyl adjacent to an activating group) is 1. The zero-order chi connectivity index (χ0) is 15.3. The number of carboxylic acid groups (broad SMARTS) is 1. The molecule has 0 unspecified atom stereocenters. The largest absolute Gasteiger partial charge is 0.480 e. The summed E-state index contributed by atoms with van der Waals surface area (Å²) in [6, 6.07) is 3.61. The lowest BCUT2D eigenvalue weighted by Crippen LogP contribution is -2.52. The molecule has 0 aliphatic heterocycles. The molecule has 0 saturated heterocycles. The number of anilines is 1. The number of rotatable bonds is 6. The predicted molar refractivity (Wildman–Crippen MR) is 76.6 cm³/mol. The van der Waals surface area contributed by atoms with Crippen LogP contribution < -0.4 is 5.32 Å². The summed E-state index contributed by atoms with van der Waals surface area (Å²) in [6.45, 7) is 5.29. The van der Waals surface area contributed by atoms with Crippen molar-refractivity contribution in [2.24, 2.45) is 0 Å². The van der Waals surface area contributed by atoms with E-state index in [1.54, 1.807) is 37.1 Å². The molecule has 0 aromatic carbocycles. The number of hydrogen-bond donors (Lipinski definition) is 2. The summed E-state index contributed by atoms with van der Waals surface area (Å²) < 4.78 is 0. The standard InChI is InChI=1S/C13H17N3O3S/c1-4-16(13(2,3)12(18)19)8-10(17)15-11-9(7-14)5-6-20-11/h5-6H,4,8H2,1-3H3,(H,15,17)(H,18,19). The lowest BCUT2D eigenvalue weighted by atomic mass is 10.0. The molecule has 1 aromatic heterocycles. The molecule has 0 spiro atoms. The quantitative estimate of drug-likeness (QED) is 0.834. The first-order valence-corrected chi connectivity index (χ1v) is 6.96. The summed E-state index contributed by atoms with van der Waals surface area (Å²) in [5, 5.41) is 22.9. The minimum Gasteiger partial charge on any atom is -0.480 e. The van der Waals surface area contributed by atoms with E-state index in [0.717, 1.165) is 0 Å². The molecule has 108 valence electrons. The van der Waals surface area contributed by atoms with Gasteiger partial charge in [0, 0.05) is 0 Å². The van der Waals surface area contributed by atoms with Gasteiger partial charge in [0.2, 0.25) is 5.91 Å². The van der Waals surface area contributed by atoms with Gasteiger partial charge >= 0.3 is 5.97 Å². The van der Waals surface area contributed by atoms with Gasteiger partial charge < -0.3 is 10.4 Å². The molecule has 0 radical (unpaired) electrons. The van der Waals surface area contributed by atoms with Gasteiger partial charge in [-0.2, -0.15) is 5.26 Å². The van der Waals surface area contributed by atoms with E-state index in [9.17, 15) is 14.7 Å². The molecule has 1 rings (SSSR count). The van der Waals surface area contributed by atoms with Crippen molar-refractivity contribution in [2.45, 2.75) is 26.3 Å². The summed E-state index contributed by atoms with van der Waals surface area (Å²) in [7, 11) is 0. The highest BCUT2D eigenvalue weighted by molar-refractivity contribution is 7.14. The van der Waals surface area contributed by atoms with Gasteiger partial charge in [0.1, 0.15) is 16.6 Å². The Morgan fingerprint density at radius 2 is 2.20 bits per heavy atom. The van der Waals surface area contributed by atoms with Gasteiger partial charge in [0.05, 0.1) is 12.1 Å². The Morgan fingerprint density at radius 1 is 1.55 bits per heavy atom.